The first-order chi connectivity index (χ1) is 9.06. The lowest BCUT2D eigenvalue weighted by Gasteiger charge is -2.06. The Morgan fingerprint density at radius 1 is 1.37 bits per heavy atom. The fourth-order valence-corrected chi connectivity index (χ4v) is 1.73. The minimum atomic E-state index is -0.907. The van der Waals surface area contributed by atoms with Crippen LogP contribution >= 0.6 is 0 Å². The van der Waals surface area contributed by atoms with Crippen LogP contribution in [0.5, 0.6) is 0 Å². The Morgan fingerprint density at radius 2 is 2.16 bits per heavy atom. The number of aryl methyl sites for hydroxylation is 1. The largest absolute Gasteiger partial charge is 0.481 e. The highest BCUT2D eigenvalue weighted by Gasteiger charge is 2.10. The van der Waals surface area contributed by atoms with Crippen LogP contribution in [0.1, 0.15) is 16.1 Å². The van der Waals surface area contributed by atoms with Gasteiger partial charge in [-0.15, -0.1) is 0 Å². The van der Waals surface area contributed by atoms with E-state index in [-0.39, 0.29) is 12.3 Å². The lowest BCUT2D eigenvalue weighted by atomic mass is 10.1. The topological polar surface area (TPSA) is 84.2 Å². The molecule has 2 rings (SSSR count). The molecule has 1 aromatic heterocycles. The summed E-state index contributed by atoms with van der Waals surface area (Å²) in [5.74, 6) is -1.19. The number of aliphatic carboxylic acids is 1. The maximum Gasteiger partial charge on any atom is 0.307 e. The van der Waals surface area contributed by atoms with Crippen molar-refractivity contribution in [3.8, 4) is 0 Å². The normalized spacial score (nSPS) is 10.2. The Bertz CT molecular complexity index is 619. The second kappa shape index (κ2) is 5.34. The molecule has 0 bridgehead atoms. The first-order valence-electron chi connectivity index (χ1n) is 5.66. The van der Waals surface area contributed by atoms with E-state index in [4.69, 9.17) is 5.11 Å². The zero-order valence-electron chi connectivity index (χ0n) is 10.3. The van der Waals surface area contributed by atoms with Crippen molar-refractivity contribution in [2.45, 2.75) is 6.42 Å². The van der Waals surface area contributed by atoms with E-state index in [0.29, 0.717) is 16.9 Å². The molecule has 0 radical (unpaired) electrons. The van der Waals surface area contributed by atoms with Gasteiger partial charge in [-0.3, -0.25) is 14.3 Å². The maximum atomic E-state index is 11.9. The zero-order valence-corrected chi connectivity index (χ0v) is 10.3. The molecule has 0 saturated heterocycles. The summed E-state index contributed by atoms with van der Waals surface area (Å²) in [5, 5.41) is 15.3. The van der Waals surface area contributed by atoms with Crippen LogP contribution < -0.4 is 5.32 Å². The van der Waals surface area contributed by atoms with E-state index in [1.807, 2.05) is 0 Å². The Morgan fingerprint density at radius 3 is 2.79 bits per heavy atom. The molecule has 0 aliphatic rings. The van der Waals surface area contributed by atoms with Crippen LogP contribution in [-0.2, 0) is 18.3 Å². The van der Waals surface area contributed by atoms with Gasteiger partial charge in [0.15, 0.2) is 0 Å². The minimum absolute atomic E-state index is 0.0740. The maximum absolute atomic E-state index is 11.9. The molecule has 0 saturated carbocycles. The quantitative estimate of drug-likeness (QED) is 0.866. The summed E-state index contributed by atoms with van der Waals surface area (Å²) in [6, 6.07) is 8.36. The fourth-order valence-electron chi connectivity index (χ4n) is 1.73. The van der Waals surface area contributed by atoms with E-state index in [1.54, 1.807) is 37.4 Å². The van der Waals surface area contributed by atoms with Crippen LogP contribution in [0.15, 0.2) is 36.5 Å². The summed E-state index contributed by atoms with van der Waals surface area (Å²) in [7, 11) is 1.68. The Hall–Kier alpha value is -2.63. The molecular formula is C13H13N3O3. The van der Waals surface area contributed by atoms with E-state index in [1.165, 1.54) is 10.9 Å². The van der Waals surface area contributed by atoms with E-state index < -0.39 is 5.97 Å². The molecule has 1 aromatic carbocycles. The molecule has 19 heavy (non-hydrogen) atoms. The van der Waals surface area contributed by atoms with E-state index >= 15 is 0 Å². The number of carbonyl (C=O) groups excluding carboxylic acids is 1. The summed E-state index contributed by atoms with van der Waals surface area (Å²) in [4.78, 5) is 22.6. The highest BCUT2D eigenvalue weighted by atomic mass is 16.4. The number of benzene rings is 1. The lowest BCUT2D eigenvalue weighted by molar-refractivity contribution is -0.136. The zero-order chi connectivity index (χ0) is 13.8. The predicted molar refractivity (Wildman–Crippen MR) is 68.9 cm³/mol. The smallest absolute Gasteiger partial charge is 0.307 e. The molecule has 6 heteroatoms. The summed E-state index contributed by atoms with van der Waals surface area (Å²) < 4.78 is 1.47. The van der Waals surface area contributed by atoms with Crippen molar-refractivity contribution in [3.63, 3.8) is 0 Å². The number of amides is 1. The Labute approximate surface area is 109 Å². The average molecular weight is 259 g/mol. The van der Waals surface area contributed by atoms with Gasteiger partial charge in [-0.1, -0.05) is 12.1 Å². The molecule has 0 aliphatic carbocycles. The number of nitrogens with zero attached hydrogens (tertiary/aromatic N) is 2. The van der Waals surface area contributed by atoms with Gasteiger partial charge in [-0.05, 0) is 23.8 Å². The molecule has 6 nitrogen and oxygen atoms in total. The average Bonchev–Trinajstić information content (AvgIpc) is 2.75. The van der Waals surface area contributed by atoms with Crippen molar-refractivity contribution < 1.29 is 14.7 Å². The molecule has 2 aromatic rings. The van der Waals surface area contributed by atoms with Crippen LogP contribution in [0, 0.1) is 0 Å². The molecule has 0 unspecified atom stereocenters. The second-order valence-corrected chi connectivity index (χ2v) is 4.07. The van der Waals surface area contributed by atoms with Crippen LogP contribution in [0.4, 0.5) is 5.69 Å². The molecule has 1 amide bonds. The number of carboxylic acids is 1. The standard InChI is InChI=1S/C13H13N3O3/c1-16-11(5-6-14-16)13(19)15-10-4-2-3-9(7-10)8-12(17)18/h2-7H,8H2,1H3,(H,15,19)(H,17,18). The van der Waals surface area contributed by atoms with Gasteiger partial charge in [0, 0.05) is 18.9 Å². The van der Waals surface area contributed by atoms with Gasteiger partial charge in [-0.2, -0.15) is 5.10 Å². The van der Waals surface area contributed by atoms with Gasteiger partial charge in [0.1, 0.15) is 5.69 Å². The number of rotatable bonds is 4. The fraction of sp³-hybridized carbons (Fsp3) is 0.154. The molecule has 0 atom stereocenters. The molecule has 98 valence electrons. The molecule has 2 N–H and O–H groups in total. The van der Waals surface area contributed by atoms with E-state index in [9.17, 15) is 9.59 Å². The van der Waals surface area contributed by atoms with Crippen LogP contribution in [0.3, 0.4) is 0 Å². The Kier molecular flexibility index (Phi) is 3.61. The number of hydrogen-bond donors (Lipinski definition) is 2. The first-order valence-corrected chi connectivity index (χ1v) is 5.66. The molecule has 1 heterocycles. The predicted octanol–water partition coefficient (Wildman–Crippen LogP) is 1.30. The summed E-state index contributed by atoms with van der Waals surface area (Å²) >= 11 is 0. The first kappa shape index (κ1) is 12.8. The summed E-state index contributed by atoms with van der Waals surface area (Å²) in [6.45, 7) is 0. The van der Waals surface area contributed by atoms with E-state index in [0.717, 1.165) is 0 Å². The van der Waals surface area contributed by atoms with Gasteiger partial charge >= 0.3 is 5.97 Å². The molecule has 0 spiro atoms. The second-order valence-electron chi connectivity index (χ2n) is 4.07. The van der Waals surface area contributed by atoms with Crippen molar-refractivity contribution >= 4 is 17.6 Å². The number of carboxylic acid groups (broad SMARTS) is 1. The van der Waals surface area contributed by atoms with Gasteiger partial charge in [0.2, 0.25) is 0 Å². The molecule has 0 fully saturated rings. The van der Waals surface area contributed by atoms with Gasteiger partial charge < -0.3 is 10.4 Å². The van der Waals surface area contributed by atoms with Gasteiger partial charge in [0.25, 0.3) is 5.91 Å². The van der Waals surface area contributed by atoms with Crippen LogP contribution in [0.25, 0.3) is 0 Å². The SMILES string of the molecule is Cn1nccc1C(=O)Nc1cccc(CC(=O)O)c1. The van der Waals surface area contributed by atoms with Crippen molar-refractivity contribution in [3.05, 3.63) is 47.8 Å². The Balaban J connectivity index is 2.13. The van der Waals surface area contributed by atoms with Crippen molar-refractivity contribution in [1.82, 2.24) is 9.78 Å². The molecule has 0 aliphatic heterocycles. The van der Waals surface area contributed by atoms with Crippen molar-refractivity contribution in [2.75, 3.05) is 5.32 Å². The third-order valence-electron chi connectivity index (χ3n) is 2.59. The third-order valence-corrected chi connectivity index (χ3v) is 2.59. The van der Waals surface area contributed by atoms with E-state index in [2.05, 4.69) is 10.4 Å². The van der Waals surface area contributed by atoms with Crippen molar-refractivity contribution in [2.24, 2.45) is 7.05 Å². The number of nitrogens with one attached hydrogen (secondary N) is 1. The summed E-state index contributed by atoms with van der Waals surface area (Å²) in [5.41, 5.74) is 1.63. The highest BCUT2D eigenvalue weighted by Crippen LogP contribution is 2.12. The van der Waals surface area contributed by atoms with Gasteiger partial charge in [-0.25, -0.2) is 0 Å². The summed E-state index contributed by atoms with van der Waals surface area (Å²) in [6.07, 6.45) is 1.46. The lowest BCUT2D eigenvalue weighted by Crippen LogP contribution is -2.16. The third kappa shape index (κ3) is 3.19. The minimum Gasteiger partial charge on any atom is -0.481 e. The highest BCUT2D eigenvalue weighted by molar-refractivity contribution is 6.03. The van der Waals surface area contributed by atoms with Crippen molar-refractivity contribution in [1.29, 1.82) is 0 Å². The number of carbonyl (C=O) groups is 2. The van der Waals surface area contributed by atoms with Crippen LogP contribution in [0.2, 0.25) is 0 Å². The number of anilines is 1. The van der Waals surface area contributed by atoms with Crippen LogP contribution in [-0.4, -0.2) is 26.8 Å². The number of aromatic nitrogens is 2. The molecular weight excluding hydrogens is 246 g/mol. The number of hydrogen-bond acceptors (Lipinski definition) is 3. The monoisotopic (exact) mass is 259 g/mol. The van der Waals surface area contributed by atoms with Gasteiger partial charge in [0.05, 0.1) is 6.42 Å².